The van der Waals surface area contributed by atoms with E-state index in [1.54, 1.807) is 6.20 Å². The molecule has 1 fully saturated rings. The summed E-state index contributed by atoms with van der Waals surface area (Å²) >= 11 is 0. The van der Waals surface area contributed by atoms with Crippen LogP contribution in [0, 0.1) is 0 Å². The first-order valence-electron chi connectivity index (χ1n) is 4.52. The molecule has 1 aromatic heterocycles. The highest BCUT2D eigenvalue weighted by Gasteiger charge is 2.14. The highest BCUT2D eigenvalue weighted by atomic mass is 15.1. The number of nitrogens with one attached hydrogen (secondary N) is 2. The summed E-state index contributed by atoms with van der Waals surface area (Å²) < 4.78 is 0. The lowest BCUT2D eigenvalue weighted by Crippen LogP contribution is -2.42. The first-order valence-corrected chi connectivity index (χ1v) is 4.52. The van der Waals surface area contributed by atoms with Gasteiger partial charge in [0.1, 0.15) is 0 Å². The van der Waals surface area contributed by atoms with Crippen LogP contribution in [0.4, 0.5) is 5.69 Å². The zero-order valence-electron chi connectivity index (χ0n) is 7.46. The molecule has 1 aliphatic rings. The van der Waals surface area contributed by atoms with Crippen LogP contribution in [0.1, 0.15) is 11.7 Å². The minimum absolute atomic E-state index is 0.328. The normalized spacial score (nSPS) is 22.9. The number of hydrogen-bond acceptors (Lipinski definition) is 4. The SMILES string of the molecule is Nc1ccc(C2CNCCN2)nc1. The highest BCUT2D eigenvalue weighted by Crippen LogP contribution is 2.11. The van der Waals surface area contributed by atoms with Gasteiger partial charge in [-0.2, -0.15) is 0 Å². The first kappa shape index (κ1) is 8.47. The van der Waals surface area contributed by atoms with Crippen LogP contribution < -0.4 is 16.4 Å². The average Bonchev–Trinajstić information content (AvgIpc) is 2.20. The fourth-order valence-corrected chi connectivity index (χ4v) is 1.49. The number of piperazine rings is 1. The molecule has 0 bridgehead atoms. The standard InChI is InChI=1S/C9H14N4/c10-7-1-2-8(13-5-7)9-6-11-3-4-12-9/h1-2,5,9,11-12H,3-4,6,10H2. The Balaban J connectivity index is 2.10. The lowest BCUT2D eigenvalue weighted by Gasteiger charge is -2.23. The minimum atomic E-state index is 0.328. The van der Waals surface area contributed by atoms with Crippen molar-refractivity contribution in [1.29, 1.82) is 0 Å². The van der Waals surface area contributed by atoms with Gasteiger partial charge >= 0.3 is 0 Å². The van der Waals surface area contributed by atoms with Crippen molar-refractivity contribution in [1.82, 2.24) is 15.6 Å². The molecular formula is C9H14N4. The molecule has 4 N–H and O–H groups in total. The van der Waals surface area contributed by atoms with Gasteiger partial charge < -0.3 is 16.4 Å². The van der Waals surface area contributed by atoms with Gasteiger partial charge in [0.25, 0.3) is 0 Å². The molecule has 1 aromatic rings. The molecule has 4 heteroatoms. The summed E-state index contributed by atoms with van der Waals surface area (Å²) in [6.07, 6.45) is 1.70. The van der Waals surface area contributed by atoms with Crippen LogP contribution in [0.3, 0.4) is 0 Å². The Bertz CT molecular complexity index is 263. The van der Waals surface area contributed by atoms with E-state index in [9.17, 15) is 0 Å². The smallest absolute Gasteiger partial charge is 0.0622 e. The zero-order valence-corrected chi connectivity index (χ0v) is 7.46. The predicted octanol–water partition coefficient (Wildman–Crippen LogP) is -0.102. The lowest BCUT2D eigenvalue weighted by atomic mass is 10.1. The molecule has 1 aliphatic heterocycles. The second-order valence-corrected chi connectivity index (χ2v) is 3.23. The maximum Gasteiger partial charge on any atom is 0.0622 e. The molecule has 0 saturated carbocycles. The monoisotopic (exact) mass is 178 g/mol. The Kier molecular flexibility index (Phi) is 2.42. The minimum Gasteiger partial charge on any atom is -0.397 e. The number of aromatic nitrogens is 1. The fraction of sp³-hybridized carbons (Fsp3) is 0.444. The third-order valence-corrected chi connectivity index (χ3v) is 2.21. The summed E-state index contributed by atoms with van der Waals surface area (Å²) in [6.45, 7) is 2.97. The van der Waals surface area contributed by atoms with Gasteiger partial charge in [-0.3, -0.25) is 4.98 Å². The zero-order chi connectivity index (χ0) is 9.10. The van der Waals surface area contributed by atoms with Crippen LogP contribution in [0.15, 0.2) is 18.3 Å². The number of nitrogens with two attached hydrogens (primary N) is 1. The third-order valence-electron chi connectivity index (χ3n) is 2.21. The number of nitrogen functional groups attached to an aromatic ring is 1. The summed E-state index contributed by atoms with van der Waals surface area (Å²) in [6, 6.07) is 4.19. The molecule has 1 unspecified atom stereocenters. The topological polar surface area (TPSA) is 63.0 Å². The van der Waals surface area contributed by atoms with Gasteiger partial charge in [-0.05, 0) is 12.1 Å². The van der Waals surface area contributed by atoms with Crippen LogP contribution in [-0.4, -0.2) is 24.6 Å². The van der Waals surface area contributed by atoms with Crippen LogP contribution in [0.25, 0.3) is 0 Å². The molecule has 2 rings (SSSR count). The fourth-order valence-electron chi connectivity index (χ4n) is 1.49. The summed E-state index contributed by atoms with van der Waals surface area (Å²) in [4.78, 5) is 4.27. The maximum absolute atomic E-state index is 5.56. The molecule has 13 heavy (non-hydrogen) atoms. The summed E-state index contributed by atoms with van der Waals surface area (Å²) in [5, 5.41) is 6.70. The Morgan fingerprint density at radius 2 is 2.31 bits per heavy atom. The maximum atomic E-state index is 5.56. The molecule has 4 nitrogen and oxygen atoms in total. The van der Waals surface area contributed by atoms with Crippen molar-refractivity contribution in [2.75, 3.05) is 25.4 Å². The molecule has 0 spiro atoms. The summed E-state index contributed by atoms with van der Waals surface area (Å²) in [5.41, 5.74) is 7.33. The Morgan fingerprint density at radius 1 is 1.38 bits per heavy atom. The van der Waals surface area contributed by atoms with Gasteiger partial charge in [-0.1, -0.05) is 0 Å². The summed E-state index contributed by atoms with van der Waals surface area (Å²) in [7, 11) is 0. The van der Waals surface area contributed by atoms with Crippen molar-refractivity contribution in [2.45, 2.75) is 6.04 Å². The molecule has 1 saturated heterocycles. The van der Waals surface area contributed by atoms with E-state index < -0.39 is 0 Å². The van der Waals surface area contributed by atoms with E-state index in [2.05, 4.69) is 15.6 Å². The number of pyridine rings is 1. The van der Waals surface area contributed by atoms with Crippen molar-refractivity contribution >= 4 is 5.69 Å². The number of hydrogen-bond donors (Lipinski definition) is 3. The second-order valence-electron chi connectivity index (χ2n) is 3.23. The van der Waals surface area contributed by atoms with Crippen LogP contribution in [-0.2, 0) is 0 Å². The molecule has 2 heterocycles. The van der Waals surface area contributed by atoms with E-state index in [1.807, 2.05) is 12.1 Å². The van der Waals surface area contributed by atoms with Crippen molar-refractivity contribution in [3.8, 4) is 0 Å². The summed E-state index contributed by atoms with van der Waals surface area (Å²) in [5.74, 6) is 0. The van der Waals surface area contributed by atoms with E-state index in [4.69, 9.17) is 5.73 Å². The van der Waals surface area contributed by atoms with Gasteiger partial charge in [0, 0.05) is 19.6 Å². The quantitative estimate of drug-likeness (QED) is 0.562. The first-order chi connectivity index (χ1) is 6.36. The average molecular weight is 178 g/mol. The lowest BCUT2D eigenvalue weighted by molar-refractivity contribution is 0.423. The van der Waals surface area contributed by atoms with Crippen molar-refractivity contribution < 1.29 is 0 Å². The van der Waals surface area contributed by atoms with E-state index in [1.165, 1.54) is 0 Å². The third kappa shape index (κ3) is 1.96. The highest BCUT2D eigenvalue weighted by molar-refractivity contribution is 5.35. The van der Waals surface area contributed by atoms with Gasteiger partial charge in [0.05, 0.1) is 23.6 Å². The molecule has 70 valence electrons. The van der Waals surface area contributed by atoms with E-state index >= 15 is 0 Å². The van der Waals surface area contributed by atoms with Crippen molar-refractivity contribution in [3.63, 3.8) is 0 Å². The predicted molar refractivity (Wildman–Crippen MR) is 52.3 cm³/mol. The van der Waals surface area contributed by atoms with Gasteiger partial charge in [0.15, 0.2) is 0 Å². The Morgan fingerprint density at radius 3 is 2.92 bits per heavy atom. The van der Waals surface area contributed by atoms with Crippen molar-refractivity contribution in [2.24, 2.45) is 0 Å². The molecule has 0 radical (unpaired) electrons. The van der Waals surface area contributed by atoms with Gasteiger partial charge in [0.2, 0.25) is 0 Å². The van der Waals surface area contributed by atoms with E-state index in [-0.39, 0.29) is 0 Å². The number of anilines is 1. The van der Waals surface area contributed by atoms with Crippen LogP contribution >= 0.6 is 0 Å². The molecule has 0 amide bonds. The number of rotatable bonds is 1. The number of nitrogens with zero attached hydrogens (tertiary/aromatic N) is 1. The van der Waals surface area contributed by atoms with E-state index in [0.29, 0.717) is 11.7 Å². The van der Waals surface area contributed by atoms with Crippen LogP contribution in [0.2, 0.25) is 0 Å². The molecular weight excluding hydrogens is 164 g/mol. The van der Waals surface area contributed by atoms with Crippen LogP contribution in [0.5, 0.6) is 0 Å². The Hall–Kier alpha value is -1.13. The van der Waals surface area contributed by atoms with Gasteiger partial charge in [-0.15, -0.1) is 0 Å². The molecule has 0 aliphatic carbocycles. The van der Waals surface area contributed by atoms with Gasteiger partial charge in [-0.25, -0.2) is 0 Å². The van der Waals surface area contributed by atoms with E-state index in [0.717, 1.165) is 25.3 Å². The Labute approximate surface area is 77.5 Å². The van der Waals surface area contributed by atoms with Crippen molar-refractivity contribution in [3.05, 3.63) is 24.0 Å². The molecule has 1 atom stereocenters. The second kappa shape index (κ2) is 3.72. The largest absolute Gasteiger partial charge is 0.397 e. The molecule has 0 aromatic carbocycles.